The van der Waals surface area contributed by atoms with E-state index in [-0.39, 0.29) is 13.0 Å². The third-order valence-electron chi connectivity index (χ3n) is 3.78. The summed E-state index contributed by atoms with van der Waals surface area (Å²) < 4.78 is 5.33. The third kappa shape index (κ3) is 4.71. The minimum absolute atomic E-state index is 0.00686. The second-order valence-corrected chi connectivity index (χ2v) is 14.0. The van der Waals surface area contributed by atoms with Crippen LogP contribution in [-0.4, -0.2) is 59.0 Å². The Morgan fingerprint density at radius 1 is 1.32 bits per heavy atom. The van der Waals surface area contributed by atoms with Gasteiger partial charge in [-0.3, -0.25) is 4.90 Å². The van der Waals surface area contributed by atoms with Crippen LogP contribution in [0.2, 0.25) is 25.7 Å². The minimum Gasteiger partial charge on any atom is -0.479 e. The van der Waals surface area contributed by atoms with Crippen molar-refractivity contribution in [1.29, 1.82) is 0 Å². The zero-order valence-corrected chi connectivity index (χ0v) is 15.5. The van der Waals surface area contributed by atoms with Crippen molar-refractivity contribution < 1.29 is 24.5 Å². The van der Waals surface area contributed by atoms with Gasteiger partial charge in [-0.15, -0.1) is 0 Å². The summed E-state index contributed by atoms with van der Waals surface area (Å²) in [6.45, 7) is 11.7. The van der Waals surface area contributed by atoms with Gasteiger partial charge in [0.05, 0.1) is 12.6 Å². The molecule has 1 aliphatic heterocycles. The number of aliphatic carboxylic acids is 1. The first kappa shape index (κ1) is 19.0. The Morgan fingerprint density at radius 2 is 1.86 bits per heavy atom. The SMILES string of the molecule is CC(C)(C)OC(=O)N1C[C@@H](O)C[C@@]1(CC[Si](C)(C)C)C(=O)O. The van der Waals surface area contributed by atoms with Crippen molar-refractivity contribution in [1.82, 2.24) is 4.90 Å². The number of aliphatic hydroxyl groups is 1. The number of aliphatic hydroxyl groups excluding tert-OH is 1. The first-order valence-corrected chi connectivity index (χ1v) is 11.4. The number of amides is 1. The Balaban J connectivity index is 3.05. The molecule has 0 unspecified atom stereocenters. The zero-order chi connectivity index (χ0) is 17.3. The molecule has 7 heteroatoms. The number of carboxylic acid groups (broad SMARTS) is 1. The second kappa shape index (κ2) is 6.20. The highest BCUT2D eigenvalue weighted by Crippen LogP contribution is 2.37. The van der Waals surface area contributed by atoms with Gasteiger partial charge in [0.25, 0.3) is 0 Å². The molecule has 0 aromatic heterocycles. The Kier molecular flexibility index (Phi) is 5.34. The number of ether oxygens (including phenoxy) is 1. The molecule has 0 aliphatic carbocycles. The van der Waals surface area contributed by atoms with E-state index in [4.69, 9.17) is 4.74 Å². The fraction of sp³-hybridized carbons (Fsp3) is 0.867. The highest BCUT2D eigenvalue weighted by atomic mass is 28.3. The smallest absolute Gasteiger partial charge is 0.411 e. The lowest BCUT2D eigenvalue weighted by Gasteiger charge is -2.36. The Morgan fingerprint density at radius 3 is 2.27 bits per heavy atom. The van der Waals surface area contributed by atoms with Gasteiger partial charge in [-0.05, 0) is 27.2 Å². The summed E-state index contributed by atoms with van der Waals surface area (Å²) in [5.74, 6) is -1.06. The lowest BCUT2D eigenvalue weighted by atomic mass is 9.92. The van der Waals surface area contributed by atoms with E-state index in [1.165, 1.54) is 4.90 Å². The van der Waals surface area contributed by atoms with Crippen LogP contribution in [0.3, 0.4) is 0 Å². The van der Waals surface area contributed by atoms with Crippen LogP contribution in [0, 0.1) is 0 Å². The van der Waals surface area contributed by atoms with Crippen molar-refractivity contribution in [2.24, 2.45) is 0 Å². The first-order chi connectivity index (χ1) is 9.77. The summed E-state index contributed by atoms with van der Waals surface area (Å²) in [5, 5.41) is 19.7. The molecule has 1 heterocycles. The molecule has 0 bridgehead atoms. The van der Waals surface area contributed by atoms with Crippen molar-refractivity contribution in [3.8, 4) is 0 Å². The maximum Gasteiger partial charge on any atom is 0.411 e. The van der Waals surface area contributed by atoms with Crippen LogP contribution < -0.4 is 0 Å². The van der Waals surface area contributed by atoms with E-state index in [0.717, 1.165) is 6.04 Å². The maximum atomic E-state index is 12.4. The van der Waals surface area contributed by atoms with Crippen LogP contribution in [0.1, 0.15) is 33.6 Å². The molecular formula is C15H29NO5Si. The number of hydrogen-bond acceptors (Lipinski definition) is 4. The number of carboxylic acids is 1. The summed E-state index contributed by atoms with van der Waals surface area (Å²) in [6.07, 6.45) is -1.08. The topological polar surface area (TPSA) is 87.1 Å². The van der Waals surface area contributed by atoms with Crippen molar-refractivity contribution in [3.05, 3.63) is 0 Å². The van der Waals surface area contributed by atoms with Gasteiger partial charge >= 0.3 is 12.1 Å². The lowest BCUT2D eigenvalue weighted by Crippen LogP contribution is -2.54. The van der Waals surface area contributed by atoms with E-state index in [1.807, 2.05) is 0 Å². The van der Waals surface area contributed by atoms with Crippen molar-refractivity contribution in [2.45, 2.75) is 76.5 Å². The molecule has 0 saturated carbocycles. The molecule has 1 fully saturated rings. The van der Waals surface area contributed by atoms with Gasteiger partial charge in [-0.1, -0.05) is 25.7 Å². The van der Waals surface area contributed by atoms with Crippen molar-refractivity contribution >= 4 is 20.1 Å². The zero-order valence-electron chi connectivity index (χ0n) is 14.5. The summed E-state index contributed by atoms with van der Waals surface area (Å²) >= 11 is 0. The van der Waals surface area contributed by atoms with E-state index >= 15 is 0 Å². The van der Waals surface area contributed by atoms with Gasteiger partial charge < -0.3 is 14.9 Å². The average Bonchev–Trinajstić information content (AvgIpc) is 2.62. The van der Waals surface area contributed by atoms with Gasteiger partial charge in [-0.2, -0.15) is 0 Å². The molecule has 1 amide bonds. The number of rotatable bonds is 4. The van der Waals surface area contributed by atoms with Gasteiger partial charge in [0.1, 0.15) is 11.1 Å². The van der Waals surface area contributed by atoms with Gasteiger partial charge in [-0.25, -0.2) is 9.59 Å². The second-order valence-electron chi connectivity index (χ2n) is 8.35. The Bertz CT molecular complexity index is 440. The number of nitrogens with zero attached hydrogens (tertiary/aromatic N) is 1. The van der Waals surface area contributed by atoms with E-state index < -0.39 is 37.4 Å². The minimum atomic E-state index is -1.47. The highest BCUT2D eigenvalue weighted by Gasteiger charge is 2.54. The molecule has 2 atom stereocenters. The number of carbonyl (C=O) groups is 2. The Labute approximate surface area is 133 Å². The number of hydrogen-bond donors (Lipinski definition) is 2. The molecule has 6 nitrogen and oxygen atoms in total. The molecule has 1 aliphatic rings. The van der Waals surface area contributed by atoms with Crippen LogP contribution in [0.5, 0.6) is 0 Å². The summed E-state index contributed by atoms with van der Waals surface area (Å²) in [7, 11) is -1.47. The summed E-state index contributed by atoms with van der Waals surface area (Å²) in [5.41, 5.74) is -2.06. The molecule has 128 valence electrons. The molecule has 0 spiro atoms. The number of carbonyl (C=O) groups excluding carboxylic acids is 1. The molecule has 2 N–H and O–H groups in total. The van der Waals surface area contributed by atoms with E-state index in [9.17, 15) is 19.8 Å². The summed E-state index contributed by atoms with van der Waals surface area (Å²) in [6, 6.07) is 0.769. The standard InChI is InChI=1S/C15H29NO5Si/c1-14(2,3)21-13(20)16-10-11(17)9-15(16,12(18)19)7-8-22(4,5)6/h11,17H,7-10H2,1-6H3,(H,18,19)/t11-,15-/m0/s1. The molecular weight excluding hydrogens is 302 g/mol. The van der Waals surface area contributed by atoms with E-state index in [0.29, 0.717) is 6.42 Å². The normalized spacial score (nSPS) is 26.1. The van der Waals surface area contributed by atoms with Crippen LogP contribution in [0.4, 0.5) is 4.79 Å². The van der Waals surface area contributed by atoms with Gasteiger partial charge in [0.2, 0.25) is 0 Å². The Hall–Kier alpha value is -1.08. The van der Waals surface area contributed by atoms with Gasteiger partial charge in [0, 0.05) is 14.5 Å². The van der Waals surface area contributed by atoms with Crippen LogP contribution in [0.25, 0.3) is 0 Å². The molecule has 0 aromatic carbocycles. The monoisotopic (exact) mass is 331 g/mol. The first-order valence-electron chi connectivity index (χ1n) is 7.69. The molecule has 0 radical (unpaired) electrons. The molecule has 1 rings (SSSR count). The average molecular weight is 331 g/mol. The van der Waals surface area contributed by atoms with Crippen LogP contribution in [-0.2, 0) is 9.53 Å². The third-order valence-corrected chi connectivity index (χ3v) is 5.53. The fourth-order valence-electron chi connectivity index (χ4n) is 2.64. The summed E-state index contributed by atoms with van der Waals surface area (Å²) in [4.78, 5) is 25.5. The fourth-order valence-corrected chi connectivity index (χ4v) is 3.81. The van der Waals surface area contributed by atoms with E-state index in [2.05, 4.69) is 19.6 Å². The van der Waals surface area contributed by atoms with Crippen molar-refractivity contribution in [2.75, 3.05) is 6.54 Å². The number of β-amino-alcohol motifs (C(OH)–C–C–N with tert-alkyl or cyclic N) is 1. The van der Waals surface area contributed by atoms with Crippen LogP contribution in [0.15, 0.2) is 0 Å². The van der Waals surface area contributed by atoms with Gasteiger partial charge in [0.15, 0.2) is 0 Å². The van der Waals surface area contributed by atoms with Crippen LogP contribution >= 0.6 is 0 Å². The molecule has 1 saturated heterocycles. The predicted molar refractivity (Wildman–Crippen MR) is 86.7 cm³/mol. The molecule has 0 aromatic rings. The van der Waals surface area contributed by atoms with Crippen molar-refractivity contribution in [3.63, 3.8) is 0 Å². The lowest BCUT2D eigenvalue weighted by molar-refractivity contribution is -0.149. The van der Waals surface area contributed by atoms with E-state index in [1.54, 1.807) is 20.8 Å². The maximum absolute atomic E-state index is 12.4. The highest BCUT2D eigenvalue weighted by molar-refractivity contribution is 6.76. The largest absolute Gasteiger partial charge is 0.479 e. The quantitative estimate of drug-likeness (QED) is 0.773. The predicted octanol–water partition coefficient (Wildman–Crippen LogP) is 2.54. The number of likely N-dealkylation sites (tertiary alicyclic amines) is 1. The molecule has 22 heavy (non-hydrogen) atoms.